The molecule has 0 aromatic heterocycles. The minimum atomic E-state index is -1.78. The molecule has 2 heterocycles. The average Bonchev–Trinajstić information content (AvgIpc) is 3.24. The van der Waals surface area contributed by atoms with Gasteiger partial charge in [-0.2, -0.15) is 0 Å². The molecule has 0 spiro atoms. The van der Waals surface area contributed by atoms with Gasteiger partial charge in [-0.25, -0.2) is 0 Å². The van der Waals surface area contributed by atoms with Gasteiger partial charge in [-0.3, -0.25) is 4.79 Å². The van der Waals surface area contributed by atoms with Crippen LogP contribution in [0.25, 0.3) is 0 Å². The first-order chi connectivity index (χ1) is 29.1. The van der Waals surface area contributed by atoms with Crippen molar-refractivity contribution in [2.45, 2.75) is 267 Å². The normalized spacial score (nSPS) is 28.2. The van der Waals surface area contributed by atoms with E-state index >= 15 is 0 Å². The molecule has 2 rings (SSSR count). The number of ether oxygens (including phenoxy) is 4. The predicted molar refractivity (Wildman–Crippen MR) is 231 cm³/mol. The molecule has 356 valence electrons. The van der Waals surface area contributed by atoms with Gasteiger partial charge in [-0.15, -0.1) is 0 Å². The Bertz CT molecular complexity index is 1020. The summed E-state index contributed by atoms with van der Waals surface area (Å²) in [5.41, 5.74) is 0. The molecule has 2 aliphatic rings. The summed E-state index contributed by atoms with van der Waals surface area (Å²) in [4.78, 5) is 13.1. The van der Waals surface area contributed by atoms with E-state index in [0.717, 1.165) is 51.4 Å². The fourth-order valence-corrected chi connectivity index (χ4v) is 8.30. The molecule has 2 fully saturated rings. The van der Waals surface area contributed by atoms with Gasteiger partial charge >= 0.3 is 0 Å². The van der Waals surface area contributed by atoms with E-state index in [1.165, 1.54) is 116 Å². The number of carbonyl (C=O) groups is 1. The van der Waals surface area contributed by atoms with Crippen molar-refractivity contribution in [3.05, 3.63) is 0 Å². The molecule has 4 unspecified atom stereocenters. The molecule has 14 nitrogen and oxygen atoms in total. The number of carbonyl (C=O) groups excluding carboxylic acids is 1. The number of hydrogen-bond donors (Lipinski definition) is 9. The van der Waals surface area contributed by atoms with E-state index < -0.39 is 86.8 Å². The average molecular weight is 864 g/mol. The molecule has 14 heteroatoms. The number of unbranched alkanes of at least 4 members (excludes halogenated alkanes) is 24. The maximum atomic E-state index is 13.1. The second-order valence-corrected chi connectivity index (χ2v) is 17.6. The minimum Gasteiger partial charge on any atom is -0.394 e. The third-order valence-corrected chi connectivity index (χ3v) is 12.3. The summed E-state index contributed by atoms with van der Waals surface area (Å²) in [6.07, 6.45) is 15.4. The number of aliphatic hydroxyl groups is 8. The van der Waals surface area contributed by atoms with E-state index in [0.29, 0.717) is 12.8 Å². The number of amides is 1. The molecule has 1 amide bonds. The molecule has 2 saturated heterocycles. The second-order valence-electron chi connectivity index (χ2n) is 17.6. The Morgan fingerprint density at radius 1 is 0.533 bits per heavy atom. The lowest BCUT2D eigenvalue weighted by atomic mass is 9.97. The van der Waals surface area contributed by atoms with E-state index in [1.54, 1.807) is 0 Å². The summed E-state index contributed by atoms with van der Waals surface area (Å²) in [7, 11) is 0. The Kier molecular flexibility index (Phi) is 31.6. The van der Waals surface area contributed by atoms with Gasteiger partial charge in [0, 0.05) is 6.42 Å². The van der Waals surface area contributed by atoms with E-state index in [2.05, 4.69) is 19.2 Å². The highest BCUT2D eigenvalue weighted by Gasteiger charge is 2.51. The van der Waals surface area contributed by atoms with Crippen LogP contribution in [-0.2, 0) is 23.7 Å². The summed E-state index contributed by atoms with van der Waals surface area (Å²) in [6.45, 7) is 2.84. The first-order valence-electron chi connectivity index (χ1n) is 24.3. The van der Waals surface area contributed by atoms with Gasteiger partial charge in [0.1, 0.15) is 48.8 Å². The number of rotatable bonds is 37. The maximum absolute atomic E-state index is 13.1. The summed E-state index contributed by atoms with van der Waals surface area (Å²) >= 11 is 0. The van der Waals surface area contributed by atoms with Crippen molar-refractivity contribution in [1.82, 2.24) is 5.32 Å². The fraction of sp³-hybridized carbons (Fsp3) is 0.978. The fourth-order valence-electron chi connectivity index (χ4n) is 8.30. The maximum Gasteiger partial charge on any atom is 0.220 e. The summed E-state index contributed by atoms with van der Waals surface area (Å²) in [5, 5.41) is 86.7. The molecular formula is C46H89NO13. The van der Waals surface area contributed by atoms with Crippen LogP contribution in [0.3, 0.4) is 0 Å². The molecule has 2 aliphatic heterocycles. The largest absolute Gasteiger partial charge is 0.394 e. The second kappa shape index (κ2) is 34.4. The van der Waals surface area contributed by atoms with Gasteiger partial charge in [0.15, 0.2) is 12.6 Å². The zero-order valence-corrected chi connectivity index (χ0v) is 37.5. The van der Waals surface area contributed by atoms with Crippen molar-refractivity contribution in [3.63, 3.8) is 0 Å². The van der Waals surface area contributed by atoms with E-state index in [-0.39, 0.29) is 12.5 Å². The number of hydrogen-bond acceptors (Lipinski definition) is 13. The van der Waals surface area contributed by atoms with Gasteiger partial charge in [-0.05, 0) is 12.8 Å². The standard InChI is InChI=1S/C46H89NO13/c1-3-5-7-9-11-13-15-16-17-18-20-22-24-26-28-30-38(51)47-34(35(50)29-27-25-23-21-19-14-12-10-8-6-4-2)33-57-45-43(56)41(54)44(37(32-49)59-45)60-46-42(55)40(53)39(52)36(31-48)58-46/h34-37,39-46,48-50,52-56H,3-33H2,1-2H3,(H,47,51)/t34-,35+,36+,37+,39-,40?,41?,42?,43?,44+,45+,46-/m0/s1. The summed E-state index contributed by atoms with van der Waals surface area (Å²) < 4.78 is 22.7. The lowest BCUT2D eigenvalue weighted by Crippen LogP contribution is -2.65. The van der Waals surface area contributed by atoms with Crippen LogP contribution in [0.5, 0.6) is 0 Å². The Hall–Kier alpha value is -1.01. The van der Waals surface area contributed by atoms with Crippen molar-refractivity contribution in [2.75, 3.05) is 19.8 Å². The van der Waals surface area contributed by atoms with E-state index in [1.807, 2.05) is 0 Å². The molecule has 0 aliphatic carbocycles. The van der Waals surface area contributed by atoms with Crippen LogP contribution in [0.1, 0.15) is 194 Å². The molecule has 0 aromatic carbocycles. The monoisotopic (exact) mass is 864 g/mol. The van der Waals surface area contributed by atoms with Crippen LogP contribution in [0.15, 0.2) is 0 Å². The minimum absolute atomic E-state index is 0.206. The van der Waals surface area contributed by atoms with Gasteiger partial charge in [-0.1, -0.05) is 174 Å². The Morgan fingerprint density at radius 3 is 1.42 bits per heavy atom. The van der Waals surface area contributed by atoms with Crippen LogP contribution in [0.4, 0.5) is 0 Å². The van der Waals surface area contributed by atoms with Crippen molar-refractivity contribution >= 4 is 5.91 Å². The van der Waals surface area contributed by atoms with Crippen LogP contribution in [-0.4, -0.2) is 140 Å². The number of nitrogens with one attached hydrogen (secondary N) is 1. The third-order valence-electron chi connectivity index (χ3n) is 12.3. The summed E-state index contributed by atoms with van der Waals surface area (Å²) in [5.74, 6) is -0.206. The van der Waals surface area contributed by atoms with Gasteiger partial charge < -0.3 is 65.1 Å². The zero-order chi connectivity index (χ0) is 44.0. The topological polar surface area (TPSA) is 228 Å². The molecule has 0 aromatic rings. The molecule has 0 saturated carbocycles. The van der Waals surface area contributed by atoms with Crippen LogP contribution < -0.4 is 5.32 Å². The summed E-state index contributed by atoms with van der Waals surface area (Å²) in [6, 6.07) is -0.819. The quantitative estimate of drug-likeness (QED) is 0.0356. The highest BCUT2D eigenvalue weighted by Crippen LogP contribution is 2.30. The highest BCUT2D eigenvalue weighted by molar-refractivity contribution is 5.76. The molecule has 0 radical (unpaired) electrons. The van der Waals surface area contributed by atoms with Crippen LogP contribution in [0.2, 0.25) is 0 Å². The molecule has 12 atom stereocenters. The first-order valence-corrected chi connectivity index (χ1v) is 24.3. The van der Waals surface area contributed by atoms with E-state index in [4.69, 9.17) is 18.9 Å². The smallest absolute Gasteiger partial charge is 0.220 e. The number of aliphatic hydroxyl groups excluding tert-OH is 8. The SMILES string of the molecule is CCCCCCCCCCCCCCCCCC(=O)N[C@@H](CO[C@@H]1O[C@H](CO)[C@@H](O[C@@H]2O[C@H](CO)[C@H](O)C(O)C2O)C(O)C1O)[C@H](O)CCCCCCCCCCCCC. The lowest BCUT2D eigenvalue weighted by Gasteiger charge is -2.46. The van der Waals surface area contributed by atoms with Crippen LogP contribution in [0, 0.1) is 0 Å². The third kappa shape index (κ3) is 22.1. The van der Waals surface area contributed by atoms with Crippen molar-refractivity contribution in [2.24, 2.45) is 0 Å². The van der Waals surface area contributed by atoms with Crippen LogP contribution >= 0.6 is 0 Å². The van der Waals surface area contributed by atoms with Crippen molar-refractivity contribution in [1.29, 1.82) is 0 Å². The zero-order valence-electron chi connectivity index (χ0n) is 37.5. The van der Waals surface area contributed by atoms with Gasteiger partial charge in [0.05, 0.1) is 32.0 Å². The predicted octanol–water partition coefficient (Wildman–Crippen LogP) is 5.44. The van der Waals surface area contributed by atoms with Gasteiger partial charge in [0.25, 0.3) is 0 Å². The van der Waals surface area contributed by atoms with Crippen molar-refractivity contribution < 1.29 is 64.6 Å². The Balaban J connectivity index is 1.85. The Labute approximate surface area is 362 Å². The Morgan fingerprint density at radius 2 is 0.950 bits per heavy atom. The molecule has 9 N–H and O–H groups in total. The highest BCUT2D eigenvalue weighted by atomic mass is 16.7. The first kappa shape index (κ1) is 55.1. The molecule has 60 heavy (non-hydrogen) atoms. The van der Waals surface area contributed by atoms with Crippen molar-refractivity contribution in [3.8, 4) is 0 Å². The molecule has 0 bridgehead atoms. The van der Waals surface area contributed by atoms with E-state index in [9.17, 15) is 45.6 Å². The molecular weight excluding hydrogens is 774 g/mol. The lowest BCUT2D eigenvalue weighted by molar-refractivity contribution is -0.359. The van der Waals surface area contributed by atoms with Gasteiger partial charge in [0.2, 0.25) is 5.91 Å².